The number of fused-ring (bicyclic) bond motifs is 9. The Bertz CT molecular complexity index is 3530. The van der Waals surface area contributed by atoms with Crippen LogP contribution >= 0.6 is 0 Å². The van der Waals surface area contributed by atoms with E-state index in [1.807, 2.05) is 42.5 Å². The highest BCUT2D eigenvalue weighted by atomic mass is 16.3. The minimum absolute atomic E-state index is 0.526. The van der Waals surface area contributed by atoms with Crippen LogP contribution in [0.3, 0.4) is 0 Å². The largest absolute Gasteiger partial charge is 0.456 e. The molecule has 266 valence electrons. The lowest BCUT2D eigenvalue weighted by molar-refractivity contribution is 0.668. The number of hydrogen-bond acceptors (Lipinski definition) is 5. The van der Waals surface area contributed by atoms with Crippen LogP contribution in [-0.2, 0) is 0 Å². The van der Waals surface area contributed by atoms with E-state index < -0.39 is 0 Å². The second-order valence-electron chi connectivity index (χ2n) is 14.4. The molecule has 6 heteroatoms. The molecule has 6 nitrogen and oxygen atoms in total. The van der Waals surface area contributed by atoms with Crippen molar-refractivity contribution in [1.82, 2.24) is 19.5 Å². The number of rotatable bonds is 5. The number of benzene rings is 8. The van der Waals surface area contributed by atoms with Gasteiger partial charge in [-0.2, -0.15) is 0 Å². The summed E-state index contributed by atoms with van der Waals surface area (Å²) in [6.07, 6.45) is 0. The molecule has 0 bridgehead atoms. The maximum atomic E-state index is 6.86. The average molecular weight is 731 g/mol. The van der Waals surface area contributed by atoms with Crippen LogP contribution in [0.25, 0.3) is 117 Å². The molecule has 0 amide bonds. The van der Waals surface area contributed by atoms with E-state index >= 15 is 0 Å². The van der Waals surface area contributed by atoms with Crippen molar-refractivity contribution in [3.05, 3.63) is 182 Å². The molecule has 0 atom stereocenters. The first kappa shape index (κ1) is 31.5. The minimum atomic E-state index is 0.526. The standard InChI is InChI=1S/C51H30N4O2/c1-3-13-31(14-4-1)32-15-11-16-33(27-32)49-52-50(34-25-26-38-37-20-8-10-24-45(37)56-46(38)28-34)54-51(53-49)40-22-12-21-39-42-29-41-36-19-7-9-23-43(36)55(35-17-5-2-6-18-35)44(41)30-47(42)57-48(39)40/h1-30H. The number of para-hydroxylation sites is 4. The Morgan fingerprint density at radius 3 is 1.82 bits per heavy atom. The Kier molecular flexibility index (Phi) is 6.83. The molecular formula is C51H30N4O2. The molecule has 0 unspecified atom stereocenters. The van der Waals surface area contributed by atoms with Gasteiger partial charge in [0.1, 0.15) is 22.3 Å². The van der Waals surface area contributed by atoms with Crippen LogP contribution in [0.15, 0.2) is 191 Å². The molecule has 12 rings (SSSR count). The van der Waals surface area contributed by atoms with Gasteiger partial charge in [0.05, 0.1) is 16.6 Å². The third-order valence-corrected chi connectivity index (χ3v) is 11.0. The van der Waals surface area contributed by atoms with Crippen molar-refractivity contribution in [2.45, 2.75) is 0 Å². The van der Waals surface area contributed by atoms with Gasteiger partial charge in [-0.3, -0.25) is 0 Å². The Morgan fingerprint density at radius 2 is 0.965 bits per heavy atom. The highest BCUT2D eigenvalue weighted by Gasteiger charge is 2.21. The summed E-state index contributed by atoms with van der Waals surface area (Å²) in [4.78, 5) is 15.5. The monoisotopic (exact) mass is 730 g/mol. The van der Waals surface area contributed by atoms with Gasteiger partial charge >= 0.3 is 0 Å². The molecule has 0 radical (unpaired) electrons. The van der Waals surface area contributed by atoms with Gasteiger partial charge in [0.2, 0.25) is 0 Å². The van der Waals surface area contributed by atoms with Gasteiger partial charge in [-0.15, -0.1) is 0 Å². The van der Waals surface area contributed by atoms with Crippen molar-refractivity contribution >= 4 is 65.7 Å². The summed E-state index contributed by atoms with van der Waals surface area (Å²) in [5.41, 5.74) is 11.2. The third-order valence-electron chi connectivity index (χ3n) is 11.0. The molecule has 0 aliphatic rings. The van der Waals surface area contributed by atoms with Gasteiger partial charge < -0.3 is 13.4 Å². The second-order valence-corrected chi connectivity index (χ2v) is 14.4. The van der Waals surface area contributed by atoms with E-state index in [0.29, 0.717) is 17.5 Å². The number of furan rings is 2. The summed E-state index contributed by atoms with van der Waals surface area (Å²) in [7, 11) is 0. The minimum Gasteiger partial charge on any atom is -0.456 e. The van der Waals surface area contributed by atoms with Crippen molar-refractivity contribution < 1.29 is 8.83 Å². The van der Waals surface area contributed by atoms with Crippen molar-refractivity contribution in [2.75, 3.05) is 0 Å². The first-order chi connectivity index (χ1) is 28.2. The topological polar surface area (TPSA) is 69.9 Å². The Morgan fingerprint density at radius 1 is 0.333 bits per heavy atom. The van der Waals surface area contributed by atoms with Crippen LogP contribution in [0.5, 0.6) is 0 Å². The molecule has 0 N–H and O–H groups in total. The van der Waals surface area contributed by atoms with Gasteiger partial charge in [-0.05, 0) is 65.7 Å². The van der Waals surface area contributed by atoms with E-state index in [9.17, 15) is 0 Å². The molecule has 0 spiro atoms. The summed E-state index contributed by atoms with van der Waals surface area (Å²) in [5, 5.41) is 6.52. The number of hydrogen-bond donors (Lipinski definition) is 0. The normalized spacial score (nSPS) is 11.9. The fourth-order valence-corrected chi connectivity index (χ4v) is 8.38. The van der Waals surface area contributed by atoms with Crippen LogP contribution in [0.1, 0.15) is 0 Å². The van der Waals surface area contributed by atoms with Gasteiger partial charge in [0.25, 0.3) is 0 Å². The zero-order valence-corrected chi connectivity index (χ0v) is 30.4. The van der Waals surface area contributed by atoms with Crippen molar-refractivity contribution in [3.8, 4) is 51.0 Å². The van der Waals surface area contributed by atoms with E-state index in [1.165, 1.54) is 10.8 Å². The SMILES string of the molecule is c1ccc(-c2cccc(-c3nc(-c4ccc5c(c4)oc4ccccc45)nc(-c4cccc5c4oc4cc6c(cc45)c4ccccc4n6-c4ccccc4)n3)c2)cc1. The zero-order chi connectivity index (χ0) is 37.5. The molecule has 0 saturated carbocycles. The predicted octanol–water partition coefficient (Wildman–Crippen LogP) is 13.4. The lowest BCUT2D eigenvalue weighted by atomic mass is 10.0. The van der Waals surface area contributed by atoms with Gasteiger partial charge in [-0.25, -0.2) is 15.0 Å². The quantitative estimate of drug-likeness (QED) is 0.176. The molecular weight excluding hydrogens is 701 g/mol. The molecule has 0 fully saturated rings. The molecule has 4 heterocycles. The van der Waals surface area contributed by atoms with Crippen LogP contribution in [0, 0.1) is 0 Å². The van der Waals surface area contributed by atoms with E-state index in [1.54, 1.807) is 0 Å². The fraction of sp³-hybridized carbons (Fsp3) is 0. The van der Waals surface area contributed by atoms with Crippen molar-refractivity contribution in [3.63, 3.8) is 0 Å². The highest BCUT2D eigenvalue weighted by Crippen LogP contribution is 2.41. The van der Waals surface area contributed by atoms with Crippen molar-refractivity contribution in [1.29, 1.82) is 0 Å². The summed E-state index contributed by atoms with van der Waals surface area (Å²) in [6, 6.07) is 62.7. The van der Waals surface area contributed by atoms with E-state index in [4.69, 9.17) is 23.8 Å². The lowest BCUT2D eigenvalue weighted by Gasteiger charge is -2.10. The molecule has 8 aromatic carbocycles. The van der Waals surface area contributed by atoms with Crippen LogP contribution in [-0.4, -0.2) is 19.5 Å². The molecule has 4 aromatic heterocycles. The maximum Gasteiger partial charge on any atom is 0.167 e. The summed E-state index contributed by atoms with van der Waals surface area (Å²) >= 11 is 0. The third kappa shape index (κ3) is 5.01. The number of aromatic nitrogens is 4. The first-order valence-electron chi connectivity index (χ1n) is 19.0. The number of nitrogens with zero attached hydrogens (tertiary/aromatic N) is 4. The van der Waals surface area contributed by atoms with Gasteiger partial charge in [0.15, 0.2) is 17.5 Å². The fourth-order valence-electron chi connectivity index (χ4n) is 8.38. The summed E-state index contributed by atoms with van der Waals surface area (Å²) in [6.45, 7) is 0. The summed E-state index contributed by atoms with van der Waals surface area (Å²) in [5.74, 6) is 1.64. The van der Waals surface area contributed by atoms with Gasteiger partial charge in [0, 0.05) is 55.2 Å². The summed E-state index contributed by atoms with van der Waals surface area (Å²) < 4.78 is 15.5. The zero-order valence-electron chi connectivity index (χ0n) is 30.4. The van der Waals surface area contributed by atoms with Crippen molar-refractivity contribution in [2.24, 2.45) is 0 Å². The van der Waals surface area contributed by atoms with E-state index in [-0.39, 0.29) is 0 Å². The Hall–Kier alpha value is -7.83. The Labute approximate surface area is 325 Å². The van der Waals surface area contributed by atoms with Crippen LogP contribution in [0.4, 0.5) is 0 Å². The molecule has 0 aliphatic carbocycles. The lowest BCUT2D eigenvalue weighted by Crippen LogP contribution is -2.00. The van der Waals surface area contributed by atoms with E-state index in [2.05, 4.69) is 144 Å². The highest BCUT2D eigenvalue weighted by molar-refractivity contribution is 6.18. The molecule has 0 saturated heterocycles. The first-order valence-corrected chi connectivity index (χ1v) is 19.0. The van der Waals surface area contributed by atoms with Crippen LogP contribution < -0.4 is 0 Å². The molecule has 57 heavy (non-hydrogen) atoms. The Balaban J connectivity index is 1.08. The van der Waals surface area contributed by atoms with Crippen LogP contribution in [0.2, 0.25) is 0 Å². The average Bonchev–Trinajstić information content (AvgIpc) is 3.95. The second kappa shape index (κ2) is 12.3. The maximum absolute atomic E-state index is 6.86. The molecule has 12 aromatic rings. The van der Waals surface area contributed by atoms with Gasteiger partial charge in [-0.1, -0.05) is 121 Å². The predicted molar refractivity (Wildman–Crippen MR) is 230 cm³/mol. The smallest absolute Gasteiger partial charge is 0.167 e. The van der Waals surface area contributed by atoms with E-state index in [0.717, 1.165) is 88.4 Å². The molecule has 0 aliphatic heterocycles.